The zero-order valence-electron chi connectivity index (χ0n) is 61.8. The number of ether oxygens (including phenoxy) is 4. The van der Waals surface area contributed by atoms with Gasteiger partial charge in [-0.3, -0.25) is 32.9 Å². The smallest absolute Gasteiger partial charge is 0.414 e. The fourth-order valence-corrected chi connectivity index (χ4v) is 15.6. The van der Waals surface area contributed by atoms with Gasteiger partial charge in [0, 0.05) is 161 Å². The molecule has 3 aromatic carbocycles. The summed E-state index contributed by atoms with van der Waals surface area (Å²) < 4.78 is 56.1. The molecule has 14 heterocycles. The summed E-state index contributed by atoms with van der Waals surface area (Å²) >= 11 is 13.5. The van der Waals surface area contributed by atoms with Crippen molar-refractivity contribution in [2.75, 3.05) is 31.3 Å². The second kappa shape index (κ2) is 30.4. The number of benzene rings is 3. The van der Waals surface area contributed by atoms with Crippen LogP contribution in [0.1, 0.15) is 119 Å². The molecule has 3 aliphatic heterocycles. The van der Waals surface area contributed by atoms with Crippen molar-refractivity contribution in [2.45, 2.75) is 122 Å². The molecule has 14 aromatic rings. The quantitative estimate of drug-likeness (QED) is 0.0861. The molecule has 17 rings (SSSR count). The van der Waals surface area contributed by atoms with E-state index in [9.17, 15) is 24.4 Å². The molecule has 0 N–H and O–H groups in total. The van der Waals surface area contributed by atoms with Crippen molar-refractivity contribution in [2.24, 2.45) is 42.3 Å². The topological polar surface area (TPSA) is 314 Å². The number of carbonyl (C=O) groups is 2. The molecule has 0 saturated carbocycles. The lowest BCUT2D eigenvalue weighted by Gasteiger charge is -2.36. The molecule has 0 spiro atoms. The molecule has 562 valence electrons. The molecule has 3 fully saturated rings. The normalized spacial score (nSPS) is 18.1. The highest BCUT2D eigenvalue weighted by molar-refractivity contribution is 6.37. The van der Waals surface area contributed by atoms with Crippen LogP contribution in [0, 0.1) is 11.3 Å². The maximum absolute atomic E-state index is 13.8. The van der Waals surface area contributed by atoms with Gasteiger partial charge in [0.15, 0.2) is 33.7 Å². The predicted octanol–water partition coefficient (Wildman–Crippen LogP) is 14.0. The largest absolute Gasteiger partial charge is 0.451 e. The maximum Gasteiger partial charge on any atom is 0.414 e. The number of aryl methyl sites for hydroxylation is 6. The average Bonchev–Trinajstić information content (AvgIpc) is 1.59. The Bertz CT molecular complexity index is 5970. The van der Waals surface area contributed by atoms with Gasteiger partial charge in [0.1, 0.15) is 34.2 Å². The van der Waals surface area contributed by atoms with Gasteiger partial charge in [0.25, 0.3) is 0 Å². The first-order chi connectivity index (χ1) is 52.7. The molecule has 11 aromatic heterocycles. The van der Waals surface area contributed by atoms with Crippen LogP contribution in [-0.2, 0) is 61.2 Å². The molecule has 29 nitrogen and oxygen atoms in total. The van der Waals surface area contributed by atoms with Gasteiger partial charge in [-0.15, -0.1) is 0 Å². The number of furan rings is 3. The molecule has 0 aliphatic carbocycles. The Labute approximate surface area is 633 Å². The van der Waals surface area contributed by atoms with E-state index < -0.39 is 11.9 Å². The number of rotatable bonds is 15. The highest BCUT2D eigenvalue weighted by atomic mass is 35.5. The number of nitriles is 1. The monoisotopic (exact) mass is 1510 g/mol. The molecule has 6 atom stereocenters. The second-order valence-corrected chi connectivity index (χ2v) is 28.7. The summed E-state index contributed by atoms with van der Waals surface area (Å²) in [7, 11) is 11.0. The summed E-state index contributed by atoms with van der Waals surface area (Å²) in [6.45, 7) is 9.81. The van der Waals surface area contributed by atoms with Crippen LogP contribution < -0.4 is 16.3 Å². The number of nitrogens with zero attached hydrogens (tertiary/aromatic N) is 18. The fraction of sp³-hybridized carbons (Fsp3) is 0.372. The average molecular weight is 1520 g/mol. The minimum Gasteiger partial charge on any atom is -0.451 e. The van der Waals surface area contributed by atoms with Crippen molar-refractivity contribution in [3.63, 3.8) is 0 Å². The van der Waals surface area contributed by atoms with Crippen LogP contribution in [0.5, 0.6) is 0 Å². The van der Waals surface area contributed by atoms with E-state index >= 15 is 0 Å². The first kappa shape index (κ1) is 73.2. The molecule has 109 heavy (non-hydrogen) atoms. The number of carbonyl (C=O) groups excluding carboxylic acids is 2. The molecule has 1 amide bonds. The van der Waals surface area contributed by atoms with Crippen LogP contribution >= 0.6 is 23.2 Å². The summed E-state index contributed by atoms with van der Waals surface area (Å²) in [5.41, 5.74) is 10.8. The lowest BCUT2D eigenvalue weighted by Crippen LogP contribution is -2.46. The Morgan fingerprint density at radius 2 is 0.991 bits per heavy atom. The molecule has 0 radical (unpaired) electrons. The Morgan fingerprint density at radius 3 is 1.44 bits per heavy atom. The highest BCUT2D eigenvalue weighted by Gasteiger charge is 2.39. The third-order valence-electron chi connectivity index (χ3n) is 20.4. The predicted molar refractivity (Wildman–Crippen MR) is 409 cm³/mol. The summed E-state index contributed by atoms with van der Waals surface area (Å²) in [4.78, 5) is 78.5. The summed E-state index contributed by atoms with van der Waals surface area (Å²) in [6, 6.07) is 13.0. The van der Waals surface area contributed by atoms with E-state index in [4.69, 9.17) is 55.4 Å². The van der Waals surface area contributed by atoms with Gasteiger partial charge < -0.3 is 45.9 Å². The minimum absolute atomic E-state index is 0.000615. The van der Waals surface area contributed by atoms with Crippen molar-refractivity contribution in [1.82, 2.24) is 77.1 Å². The first-order valence-corrected chi connectivity index (χ1v) is 37.1. The fourth-order valence-electron chi connectivity index (χ4n) is 15.1. The molecular formula is C78H80Cl2N18O11. The van der Waals surface area contributed by atoms with E-state index in [1.807, 2.05) is 97.9 Å². The van der Waals surface area contributed by atoms with Crippen LogP contribution in [0.2, 0.25) is 10.0 Å². The number of halogens is 2. The first-order valence-electron chi connectivity index (χ1n) is 36.3. The molecule has 0 unspecified atom stereocenters. The lowest BCUT2D eigenvalue weighted by molar-refractivity contribution is -0.00725. The van der Waals surface area contributed by atoms with E-state index in [1.165, 1.54) is 10.9 Å². The Morgan fingerprint density at radius 1 is 0.541 bits per heavy atom. The summed E-state index contributed by atoms with van der Waals surface area (Å²) in [5.74, 6) is -0.409. The van der Waals surface area contributed by atoms with Crippen LogP contribution in [0.3, 0.4) is 0 Å². The Hall–Kier alpha value is -11.3. The van der Waals surface area contributed by atoms with Crippen molar-refractivity contribution in [3.05, 3.63) is 159 Å². The molecule has 0 bridgehead atoms. The second-order valence-electron chi connectivity index (χ2n) is 27.9. The number of fused-ring (bicyclic) bond motifs is 7. The van der Waals surface area contributed by atoms with Crippen LogP contribution in [-0.4, -0.2) is 140 Å². The van der Waals surface area contributed by atoms with E-state index in [0.717, 1.165) is 65.6 Å². The number of hydrogen-bond acceptors (Lipinski definition) is 20. The van der Waals surface area contributed by atoms with Gasteiger partial charge in [-0.05, 0) is 101 Å². The van der Waals surface area contributed by atoms with Gasteiger partial charge in [0.2, 0.25) is 5.78 Å². The number of ketones is 1. The Kier molecular flexibility index (Phi) is 20.4. The van der Waals surface area contributed by atoms with E-state index in [1.54, 1.807) is 100 Å². The van der Waals surface area contributed by atoms with Crippen molar-refractivity contribution in [1.29, 1.82) is 5.26 Å². The van der Waals surface area contributed by atoms with Crippen molar-refractivity contribution in [3.8, 4) is 62.4 Å². The third kappa shape index (κ3) is 14.1. The minimum atomic E-state index is -0.559. The van der Waals surface area contributed by atoms with Gasteiger partial charge in [-0.25, -0.2) is 29.3 Å². The molecule has 31 heteroatoms. The van der Waals surface area contributed by atoms with Gasteiger partial charge in [0.05, 0.1) is 101 Å². The van der Waals surface area contributed by atoms with Crippen LogP contribution in [0.25, 0.3) is 111 Å². The number of hydrogen-bond donors (Lipinski definition) is 0. The molecular weight excluding hydrogens is 1440 g/mol. The standard InChI is InChI=1S/C27H30ClN5O5.C26H25N7O3.C25H25ClN6O3/c1-5-19-11-18(7-8-37-19)33(27(35)36-6-2)23-20-9-16(22-14-31(3)15-29-22)10-21(28)25(20)38-26(23)24(34)17-12-30-32(4)13-17;1-4-19-9-18(5-6-35-19)33-23-20-8-15(21-13-31(2)14-28-21)7-16(10-27)24(20)36-25(23)22(30-26(33)34)17-11-29-32(3)12-17;1-4-17-9-16(5-6-34-17)32-22-18-7-14(20-12-30(2)13-27-20)8-19(26)23(18)35-24(22)21(29-25(32)33)15-10-28-31(3)11-15/h9-10,12-15,18-19H,5-8,11H2,1-4H3;7-8,11-14,18-19H,4-6,9H2,1-3H3;7-8,10-13,16-17H,4-6,9H2,1-3H3/t2*18-,19-;16-,17-/m000/s1. The van der Waals surface area contributed by atoms with Crippen molar-refractivity contribution < 1.29 is 41.8 Å². The lowest BCUT2D eigenvalue weighted by atomic mass is 9.98. The molecule has 3 saturated heterocycles. The SMILES string of the molecule is CCOC(=O)N(c1c(C(=O)c2cnn(C)c2)oc2c(Cl)cc(-c3cn(C)cn3)cc12)[C@H]1CCO[C@@H](CC)C1.CC[C@H]1C[C@@H](n2c(=O)nc(-c3cnn(C)c3)c3oc4c(C#N)cc(-c5cn(C)cn5)cc4c32)CCO1.CC[C@H]1C[C@@H](n2c(=O)nc(-c3cnn(C)c3)c3oc4c(Cl)cc(-c5cn(C)cn5)cc4c32)CCO1. The Balaban J connectivity index is 0.000000130. The molecule has 3 aliphatic rings. The number of amides is 1. The van der Waals surface area contributed by atoms with E-state index in [2.05, 4.69) is 60.1 Å². The highest BCUT2D eigenvalue weighted by Crippen LogP contribution is 2.46. The zero-order chi connectivity index (χ0) is 76.2. The van der Waals surface area contributed by atoms with Crippen LogP contribution in [0.4, 0.5) is 10.5 Å². The van der Waals surface area contributed by atoms with Crippen molar-refractivity contribution >= 4 is 95.9 Å². The van der Waals surface area contributed by atoms with E-state index in [-0.39, 0.29) is 60.2 Å². The number of anilines is 1. The summed E-state index contributed by atoms with van der Waals surface area (Å²) in [5, 5.41) is 25.4. The van der Waals surface area contributed by atoms with Crippen LogP contribution in [0.15, 0.2) is 134 Å². The zero-order valence-corrected chi connectivity index (χ0v) is 63.4. The number of aromatic nitrogens is 16. The third-order valence-corrected chi connectivity index (χ3v) is 20.9. The van der Waals surface area contributed by atoms with E-state index in [0.29, 0.717) is 150 Å². The number of imidazole rings is 3. The van der Waals surface area contributed by atoms with Gasteiger partial charge >= 0.3 is 17.5 Å². The van der Waals surface area contributed by atoms with Gasteiger partial charge in [-0.2, -0.15) is 30.5 Å². The summed E-state index contributed by atoms with van der Waals surface area (Å²) in [6.07, 6.45) is 27.0. The van der Waals surface area contributed by atoms with Gasteiger partial charge in [-0.1, -0.05) is 44.0 Å². The maximum atomic E-state index is 13.8.